The number of morpholine rings is 1. The molecule has 2 heterocycles. The Kier molecular flexibility index (Phi) is 7.55. The number of hydrogen-bond donors (Lipinski definition) is 1. The van der Waals surface area contributed by atoms with Gasteiger partial charge in [0.2, 0.25) is 0 Å². The van der Waals surface area contributed by atoms with Gasteiger partial charge in [0, 0.05) is 65.5 Å². The normalized spacial score (nSPS) is 18.2. The molecule has 8 heteroatoms. The van der Waals surface area contributed by atoms with E-state index in [1.54, 1.807) is 7.05 Å². The Bertz CT molecular complexity index is 907. The summed E-state index contributed by atoms with van der Waals surface area (Å²) in [6, 6.07) is 12.3. The first kappa shape index (κ1) is 22.5. The Hall–Kier alpha value is -2.71. The molecule has 0 saturated carbocycles. The zero-order valence-corrected chi connectivity index (χ0v) is 18.6. The fraction of sp³-hybridized carbons (Fsp3) is 0.458. The number of guanidine groups is 1. The minimum absolute atomic E-state index is 0.324. The molecule has 1 N–H and O–H groups in total. The molecule has 2 fully saturated rings. The van der Waals surface area contributed by atoms with Gasteiger partial charge in [-0.15, -0.1) is 0 Å². The third-order valence-corrected chi connectivity index (χ3v) is 6.02. The van der Waals surface area contributed by atoms with Crippen LogP contribution >= 0.6 is 0 Å². The molecule has 0 atom stereocenters. The van der Waals surface area contributed by atoms with E-state index in [0.717, 1.165) is 44.9 Å². The maximum Gasteiger partial charge on any atom is 0.194 e. The lowest BCUT2D eigenvalue weighted by molar-refractivity contribution is 0.0342. The fourth-order valence-corrected chi connectivity index (χ4v) is 4.18. The lowest BCUT2D eigenvalue weighted by Crippen LogP contribution is -2.52. The molecular weight excluding hydrogens is 412 g/mol. The van der Waals surface area contributed by atoms with Gasteiger partial charge >= 0.3 is 0 Å². The molecule has 2 aliphatic heterocycles. The van der Waals surface area contributed by atoms with Crippen LogP contribution in [0.4, 0.5) is 14.5 Å². The standard InChI is InChI=1S/C24H31F2N5O/c1-27-24(31-10-8-30(9-11-31)23-16-21(25)6-7-22(23)26)28-17-19-2-4-20(5-3-19)18-29-12-14-32-15-13-29/h2-7,16H,8-15,17-18H2,1H3,(H,27,28). The lowest BCUT2D eigenvalue weighted by atomic mass is 10.1. The van der Waals surface area contributed by atoms with Crippen LogP contribution < -0.4 is 10.2 Å². The van der Waals surface area contributed by atoms with E-state index in [0.29, 0.717) is 38.4 Å². The number of piperazine rings is 1. The first-order chi connectivity index (χ1) is 15.6. The third kappa shape index (κ3) is 5.75. The van der Waals surface area contributed by atoms with Crippen molar-refractivity contribution in [2.45, 2.75) is 13.1 Å². The highest BCUT2D eigenvalue weighted by atomic mass is 19.1. The largest absolute Gasteiger partial charge is 0.379 e. The van der Waals surface area contributed by atoms with Gasteiger partial charge in [0.25, 0.3) is 0 Å². The van der Waals surface area contributed by atoms with Crippen molar-refractivity contribution in [3.8, 4) is 0 Å². The Labute approximate surface area is 188 Å². The Morgan fingerprint density at radius 2 is 1.62 bits per heavy atom. The van der Waals surface area contributed by atoms with Crippen LogP contribution in [0, 0.1) is 11.6 Å². The molecule has 2 aromatic rings. The summed E-state index contributed by atoms with van der Waals surface area (Å²) in [5.41, 5.74) is 2.82. The van der Waals surface area contributed by atoms with Crippen LogP contribution in [0.15, 0.2) is 47.5 Å². The second kappa shape index (κ2) is 10.7. The number of aliphatic imine (C=N–C) groups is 1. The van der Waals surface area contributed by atoms with E-state index >= 15 is 0 Å². The molecule has 6 nitrogen and oxygen atoms in total. The maximum atomic E-state index is 14.1. The monoisotopic (exact) mass is 443 g/mol. The van der Waals surface area contributed by atoms with Gasteiger partial charge in [-0.2, -0.15) is 0 Å². The predicted molar refractivity (Wildman–Crippen MR) is 123 cm³/mol. The zero-order chi connectivity index (χ0) is 22.3. The number of hydrogen-bond acceptors (Lipinski definition) is 4. The molecule has 0 spiro atoms. The van der Waals surface area contributed by atoms with Crippen LogP contribution in [0.2, 0.25) is 0 Å². The number of rotatable bonds is 5. The second-order valence-corrected chi connectivity index (χ2v) is 8.18. The summed E-state index contributed by atoms with van der Waals surface area (Å²) < 4.78 is 33.0. The molecular formula is C24H31F2N5O. The molecule has 0 aliphatic carbocycles. The molecule has 0 radical (unpaired) electrons. The smallest absolute Gasteiger partial charge is 0.194 e. The van der Waals surface area contributed by atoms with E-state index in [1.165, 1.54) is 23.3 Å². The van der Waals surface area contributed by atoms with Crippen LogP contribution in [0.5, 0.6) is 0 Å². The van der Waals surface area contributed by atoms with Crippen molar-refractivity contribution < 1.29 is 13.5 Å². The molecule has 32 heavy (non-hydrogen) atoms. The van der Waals surface area contributed by atoms with Crippen molar-refractivity contribution in [2.24, 2.45) is 4.99 Å². The molecule has 2 aliphatic rings. The first-order valence-electron chi connectivity index (χ1n) is 11.2. The van der Waals surface area contributed by atoms with Crippen LogP contribution in [0.25, 0.3) is 0 Å². The highest BCUT2D eigenvalue weighted by molar-refractivity contribution is 5.80. The number of halogens is 2. The molecule has 4 rings (SSSR count). The van der Waals surface area contributed by atoms with E-state index < -0.39 is 5.82 Å². The van der Waals surface area contributed by atoms with Gasteiger partial charge in [0.05, 0.1) is 18.9 Å². The molecule has 0 amide bonds. The number of nitrogens with one attached hydrogen (secondary N) is 1. The van der Waals surface area contributed by atoms with Crippen molar-refractivity contribution in [2.75, 3.05) is 64.4 Å². The van der Waals surface area contributed by atoms with Gasteiger partial charge in [-0.1, -0.05) is 24.3 Å². The minimum Gasteiger partial charge on any atom is -0.379 e. The molecule has 2 aromatic carbocycles. The summed E-state index contributed by atoms with van der Waals surface area (Å²) in [7, 11) is 1.77. The van der Waals surface area contributed by atoms with Crippen molar-refractivity contribution >= 4 is 11.6 Å². The molecule has 0 aromatic heterocycles. The summed E-state index contributed by atoms with van der Waals surface area (Å²) in [4.78, 5) is 10.9. The fourth-order valence-electron chi connectivity index (χ4n) is 4.18. The average molecular weight is 444 g/mol. The van der Waals surface area contributed by atoms with Gasteiger partial charge in [-0.05, 0) is 23.3 Å². The Morgan fingerprint density at radius 3 is 2.31 bits per heavy atom. The van der Waals surface area contributed by atoms with Crippen molar-refractivity contribution in [1.82, 2.24) is 15.1 Å². The highest BCUT2D eigenvalue weighted by Crippen LogP contribution is 2.22. The van der Waals surface area contributed by atoms with Gasteiger partial charge in [0.15, 0.2) is 5.96 Å². The topological polar surface area (TPSA) is 43.3 Å². The SMILES string of the molecule is CN=C(NCc1ccc(CN2CCOCC2)cc1)N1CCN(c2cc(F)ccc2F)CC1. The minimum atomic E-state index is -0.419. The summed E-state index contributed by atoms with van der Waals surface area (Å²) >= 11 is 0. The quantitative estimate of drug-likeness (QED) is 0.569. The maximum absolute atomic E-state index is 14.1. The Balaban J connectivity index is 1.26. The number of benzene rings is 2. The molecule has 0 unspecified atom stereocenters. The molecule has 0 bridgehead atoms. The van der Waals surface area contributed by atoms with Crippen molar-refractivity contribution in [3.63, 3.8) is 0 Å². The van der Waals surface area contributed by atoms with Crippen LogP contribution in [-0.2, 0) is 17.8 Å². The summed E-state index contributed by atoms with van der Waals surface area (Å²) in [6.45, 7) is 7.83. The van der Waals surface area contributed by atoms with E-state index in [9.17, 15) is 8.78 Å². The average Bonchev–Trinajstić information content (AvgIpc) is 2.83. The van der Waals surface area contributed by atoms with Gasteiger partial charge in [-0.25, -0.2) is 8.78 Å². The first-order valence-corrected chi connectivity index (χ1v) is 11.2. The van der Waals surface area contributed by atoms with Crippen LogP contribution in [0.1, 0.15) is 11.1 Å². The summed E-state index contributed by atoms with van der Waals surface area (Å²) in [5, 5.41) is 3.43. The van der Waals surface area contributed by atoms with Crippen molar-refractivity contribution in [3.05, 3.63) is 65.2 Å². The summed E-state index contributed by atoms with van der Waals surface area (Å²) in [5.74, 6) is 0.0125. The number of nitrogens with zero attached hydrogens (tertiary/aromatic N) is 4. The number of anilines is 1. The van der Waals surface area contributed by atoms with E-state index in [2.05, 4.69) is 44.4 Å². The number of ether oxygens (including phenoxy) is 1. The summed E-state index contributed by atoms with van der Waals surface area (Å²) in [6.07, 6.45) is 0. The zero-order valence-electron chi connectivity index (χ0n) is 18.6. The highest BCUT2D eigenvalue weighted by Gasteiger charge is 2.22. The van der Waals surface area contributed by atoms with Gasteiger partial charge in [0.1, 0.15) is 11.6 Å². The lowest BCUT2D eigenvalue weighted by Gasteiger charge is -2.37. The van der Waals surface area contributed by atoms with Crippen molar-refractivity contribution in [1.29, 1.82) is 0 Å². The van der Waals surface area contributed by atoms with Gasteiger partial charge in [-0.3, -0.25) is 9.89 Å². The Morgan fingerprint density at radius 1 is 0.938 bits per heavy atom. The molecule has 2 saturated heterocycles. The van der Waals surface area contributed by atoms with E-state index in [1.807, 2.05) is 4.90 Å². The van der Waals surface area contributed by atoms with E-state index in [4.69, 9.17) is 4.74 Å². The van der Waals surface area contributed by atoms with Gasteiger partial charge < -0.3 is 19.9 Å². The predicted octanol–water partition coefficient (Wildman–Crippen LogP) is 2.69. The molecule has 172 valence electrons. The van der Waals surface area contributed by atoms with Crippen LogP contribution in [0.3, 0.4) is 0 Å². The third-order valence-electron chi connectivity index (χ3n) is 6.02. The van der Waals surface area contributed by atoms with Crippen LogP contribution in [-0.4, -0.2) is 75.3 Å². The second-order valence-electron chi connectivity index (χ2n) is 8.18. The van der Waals surface area contributed by atoms with E-state index in [-0.39, 0.29) is 5.82 Å².